The van der Waals surface area contributed by atoms with Crippen molar-refractivity contribution in [1.82, 2.24) is 4.89 Å². The molecule has 0 saturated heterocycles. The van der Waals surface area contributed by atoms with Crippen molar-refractivity contribution in [3.05, 3.63) is 35.9 Å². The summed E-state index contributed by atoms with van der Waals surface area (Å²) in [5, 5.41) is 0. The van der Waals surface area contributed by atoms with E-state index in [0.717, 1.165) is 0 Å². The van der Waals surface area contributed by atoms with Gasteiger partial charge in [0.15, 0.2) is 0 Å². The van der Waals surface area contributed by atoms with Crippen LogP contribution in [-0.2, 0) is 16.1 Å². The van der Waals surface area contributed by atoms with Crippen LogP contribution in [0.4, 0.5) is 0 Å². The number of carbonyl (C=O) groups excluding carboxylic acids is 1. The first-order valence-corrected chi connectivity index (χ1v) is 4.39. The van der Waals surface area contributed by atoms with Gasteiger partial charge >= 0.3 is 5.97 Å². The van der Waals surface area contributed by atoms with Gasteiger partial charge < -0.3 is 9.39 Å². The number of nitrogens with one attached hydrogen (secondary N) is 1. The van der Waals surface area contributed by atoms with Gasteiger partial charge in [0.1, 0.15) is 0 Å². The second kappa shape index (κ2) is 4.70. The van der Waals surface area contributed by atoms with Gasteiger partial charge in [-0.3, -0.25) is 4.21 Å². The first kappa shape index (κ1) is 9.85. The van der Waals surface area contributed by atoms with E-state index in [9.17, 15) is 13.6 Å². The smallest absolute Gasteiger partial charge is 0.357 e. The summed E-state index contributed by atoms with van der Waals surface area (Å²) in [6.07, 6.45) is 0. The van der Waals surface area contributed by atoms with Crippen LogP contribution in [0.1, 0.15) is 10.4 Å². The molecule has 6 heteroatoms. The van der Waals surface area contributed by atoms with E-state index in [1.807, 2.05) is 0 Å². The molecule has 0 radical (unpaired) electrons. The molecular formula is C7H6NO4S-. The first-order valence-electron chi connectivity index (χ1n) is 3.31. The molecule has 1 aromatic carbocycles. The predicted octanol–water partition coefficient (Wildman–Crippen LogP) is 0.142. The Hall–Kier alpha value is -1.24. The van der Waals surface area contributed by atoms with Crippen LogP contribution in [0.2, 0.25) is 0 Å². The van der Waals surface area contributed by atoms with Crippen molar-refractivity contribution >= 4 is 17.2 Å². The minimum absolute atomic E-state index is 0.278. The summed E-state index contributed by atoms with van der Waals surface area (Å²) in [6, 6.07) is 8.04. The minimum atomic E-state index is -2.60. The van der Waals surface area contributed by atoms with Crippen LogP contribution in [0.25, 0.3) is 0 Å². The molecule has 0 amide bonds. The fourth-order valence-electron chi connectivity index (χ4n) is 0.705. The maximum absolute atomic E-state index is 11.0. The molecule has 1 aromatic rings. The Kier molecular flexibility index (Phi) is 3.56. The summed E-state index contributed by atoms with van der Waals surface area (Å²) < 4.78 is 19.9. The summed E-state index contributed by atoms with van der Waals surface area (Å²) in [4.78, 5) is 16.7. The Morgan fingerprint density at radius 1 is 1.38 bits per heavy atom. The zero-order chi connectivity index (χ0) is 9.68. The van der Waals surface area contributed by atoms with Crippen molar-refractivity contribution in [2.24, 2.45) is 0 Å². The molecule has 13 heavy (non-hydrogen) atoms. The molecule has 70 valence electrons. The molecule has 1 rings (SSSR count). The second-order valence-corrected chi connectivity index (χ2v) is 2.71. The molecule has 1 unspecified atom stereocenters. The molecule has 0 aliphatic heterocycles. The van der Waals surface area contributed by atoms with Crippen molar-refractivity contribution in [2.45, 2.75) is 0 Å². The van der Waals surface area contributed by atoms with Crippen LogP contribution in [-0.4, -0.2) is 14.7 Å². The van der Waals surface area contributed by atoms with Crippen molar-refractivity contribution in [3.8, 4) is 0 Å². The van der Waals surface area contributed by atoms with Crippen LogP contribution in [0.15, 0.2) is 30.3 Å². The third-order valence-electron chi connectivity index (χ3n) is 1.21. The highest BCUT2D eigenvalue weighted by Crippen LogP contribution is 1.99. The lowest BCUT2D eigenvalue weighted by Gasteiger charge is -2.06. The fraction of sp³-hybridized carbons (Fsp3) is 0. The van der Waals surface area contributed by atoms with Crippen LogP contribution >= 0.6 is 0 Å². The van der Waals surface area contributed by atoms with Gasteiger partial charge in [-0.05, 0) is 12.1 Å². The lowest BCUT2D eigenvalue weighted by atomic mass is 10.2. The summed E-state index contributed by atoms with van der Waals surface area (Å²) in [6.45, 7) is 0. The van der Waals surface area contributed by atoms with Gasteiger partial charge in [-0.2, -0.15) is 0 Å². The summed E-state index contributed by atoms with van der Waals surface area (Å²) in [5.74, 6) is -0.746. The maximum atomic E-state index is 11.0. The second-order valence-electron chi connectivity index (χ2n) is 2.07. The predicted molar refractivity (Wildman–Crippen MR) is 43.9 cm³/mol. The van der Waals surface area contributed by atoms with Gasteiger partial charge in [0.2, 0.25) is 0 Å². The summed E-state index contributed by atoms with van der Waals surface area (Å²) >= 11 is -2.60. The van der Waals surface area contributed by atoms with E-state index in [2.05, 4.69) is 4.84 Å². The summed E-state index contributed by atoms with van der Waals surface area (Å²) in [5.41, 5.74) is 0.278. The van der Waals surface area contributed by atoms with Crippen molar-refractivity contribution in [3.63, 3.8) is 0 Å². The van der Waals surface area contributed by atoms with E-state index in [0.29, 0.717) is 0 Å². The first-order chi connectivity index (χ1) is 6.20. The lowest BCUT2D eigenvalue weighted by molar-refractivity contribution is 0.0404. The monoisotopic (exact) mass is 200 g/mol. The molecule has 0 saturated carbocycles. The standard InChI is InChI=1S/C7H7NO4S/c9-7(12-8-13(10)11)6-4-2-1-3-5-6/h1-5,8H,(H,10,11)/p-1. The highest BCUT2D eigenvalue weighted by molar-refractivity contribution is 7.76. The van der Waals surface area contributed by atoms with Gasteiger partial charge in [-0.25, -0.2) is 4.79 Å². The van der Waals surface area contributed by atoms with E-state index < -0.39 is 17.2 Å². The SMILES string of the molecule is O=C(ONS(=O)[O-])c1ccccc1. The third kappa shape index (κ3) is 3.32. The molecule has 1 N–H and O–H groups in total. The van der Waals surface area contributed by atoms with E-state index >= 15 is 0 Å². The van der Waals surface area contributed by atoms with Gasteiger partial charge in [0.05, 0.1) is 16.8 Å². The van der Waals surface area contributed by atoms with E-state index in [-0.39, 0.29) is 5.56 Å². The average Bonchev–Trinajstić information content (AvgIpc) is 2.15. The van der Waals surface area contributed by atoms with Crippen molar-refractivity contribution < 1.29 is 18.4 Å². The normalized spacial score (nSPS) is 12.1. The summed E-state index contributed by atoms with van der Waals surface area (Å²) in [7, 11) is 0. The Labute approximate surface area is 77.1 Å². The molecular weight excluding hydrogens is 194 g/mol. The highest BCUT2D eigenvalue weighted by atomic mass is 32.2. The minimum Gasteiger partial charge on any atom is -0.758 e. The van der Waals surface area contributed by atoms with E-state index in [1.165, 1.54) is 17.0 Å². The molecule has 5 nitrogen and oxygen atoms in total. The van der Waals surface area contributed by atoms with Crippen LogP contribution in [0, 0.1) is 0 Å². The molecule has 0 aromatic heterocycles. The van der Waals surface area contributed by atoms with Gasteiger partial charge in [0.25, 0.3) is 0 Å². The quantitative estimate of drug-likeness (QED) is 0.556. The number of benzene rings is 1. The third-order valence-corrected chi connectivity index (χ3v) is 1.43. The van der Waals surface area contributed by atoms with Gasteiger partial charge in [0, 0.05) is 0 Å². The number of hydrogen-bond acceptors (Lipinski definition) is 4. The molecule has 0 heterocycles. The Balaban J connectivity index is 2.54. The largest absolute Gasteiger partial charge is 0.758 e. The van der Waals surface area contributed by atoms with Crippen LogP contribution in [0.3, 0.4) is 0 Å². The zero-order valence-electron chi connectivity index (χ0n) is 6.43. The molecule has 0 aliphatic rings. The molecule has 0 fully saturated rings. The topological polar surface area (TPSA) is 78.5 Å². The van der Waals surface area contributed by atoms with Crippen molar-refractivity contribution in [2.75, 3.05) is 0 Å². The highest BCUT2D eigenvalue weighted by Gasteiger charge is 2.04. The van der Waals surface area contributed by atoms with E-state index in [1.54, 1.807) is 18.2 Å². The molecule has 0 aliphatic carbocycles. The van der Waals surface area contributed by atoms with E-state index in [4.69, 9.17) is 0 Å². The van der Waals surface area contributed by atoms with Crippen LogP contribution in [0.5, 0.6) is 0 Å². The fourth-order valence-corrected chi connectivity index (χ4v) is 0.849. The molecule has 0 spiro atoms. The maximum Gasteiger partial charge on any atom is 0.357 e. The van der Waals surface area contributed by atoms with Crippen LogP contribution < -0.4 is 4.89 Å². The van der Waals surface area contributed by atoms with Gasteiger partial charge in [-0.1, -0.05) is 23.1 Å². The van der Waals surface area contributed by atoms with Crippen molar-refractivity contribution in [1.29, 1.82) is 0 Å². The lowest BCUT2D eigenvalue weighted by Crippen LogP contribution is -2.21. The molecule has 0 bridgehead atoms. The Morgan fingerprint density at radius 3 is 2.54 bits per heavy atom. The zero-order valence-corrected chi connectivity index (χ0v) is 7.24. The Bertz CT molecular complexity index is 314. The number of carbonyl (C=O) groups is 1. The number of rotatable bonds is 3. The molecule has 1 atom stereocenters. The van der Waals surface area contributed by atoms with Gasteiger partial charge in [-0.15, -0.1) is 0 Å². The Morgan fingerprint density at radius 2 is 2.00 bits per heavy atom. The average molecular weight is 200 g/mol. The number of hydrogen-bond donors (Lipinski definition) is 1.